The minimum absolute atomic E-state index is 0.00394. The van der Waals surface area contributed by atoms with E-state index in [1.807, 2.05) is 0 Å². The van der Waals surface area contributed by atoms with Crippen molar-refractivity contribution in [3.05, 3.63) is 63.4 Å². The minimum atomic E-state index is -4.64. The molecule has 3 heterocycles. The second kappa shape index (κ2) is 9.98. The fraction of sp³-hybridized carbons (Fsp3) is 0.435. The van der Waals surface area contributed by atoms with E-state index in [9.17, 15) is 27.9 Å². The molecule has 1 fully saturated rings. The molecule has 1 amide bonds. The van der Waals surface area contributed by atoms with Gasteiger partial charge in [-0.25, -0.2) is 0 Å². The van der Waals surface area contributed by atoms with E-state index in [0.29, 0.717) is 11.7 Å². The quantitative estimate of drug-likeness (QED) is 0.411. The van der Waals surface area contributed by atoms with Gasteiger partial charge < -0.3 is 30.1 Å². The molecule has 2 aliphatic heterocycles. The first-order valence-electron chi connectivity index (χ1n) is 11.0. The highest BCUT2D eigenvalue weighted by Gasteiger charge is 2.36. The number of alkyl halides is 3. The van der Waals surface area contributed by atoms with E-state index in [1.54, 1.807) is 6.07 Å². The summed E-state index contributed by atoms with van der Waals surface area (Å²) in [6, 6.07) is 1.75. The molecule has 1 aromatic heterocycles. The van der Waals surface area contributed by atoms with E-state index in [0.717, 1.165) is 30.7 Å². The summed E-state index contributed by atoms with van der Waals surface area (Å²) in [5.74, 6) is -1.16. The van der Waals surface area contributed by atoms with Gasteiger partial charge in [-0.05, 0) is 37.0 Å². The first-order valence-corrected chi connectivity index (χ1v) is 11.0. The molecular formula is C23H24F3N3O6. The van der Waals surface area contributed by atoms with Gasteiger partial charge in [0.25, 0.3) is 0 Å². The first kappa shape index (κ1) is 24.6. The zero-order chi connectivity index (χ0) is 25.2. The predicted octanol–water partition coefficient (Wildman–Crippen LogP) is 2.58. The van der Waals surface area contributed by atoms with Crippen LogP contribution in [0.15, 0.2) is 56.5 Å². The van der Waals surface area contributed by atoms with Crippen LogP contribution in [0.4, 0.5) is 13.2 Å². The van der Waals surface area contributed by atoms with Gasteiger partial charge in [-0.15, -0.1) is 0 Å². The summed E-state index contributed by atoms with van der Waals surface area (Å²) in [4.78, 5) is 24.4. The maximum absolute atomic E-state index is 13.4. The van der Waals surface area contributed by atoms with Crippen molar-refractivity contribution in [1.82, 2.24) is 15.8 Å². The largest absolute Gasteiger partial charge is 0.489 e. The number of aromatic nitrogens is 1. The molecule has 0 saturated heterocycles. The number of nitrogens with zero attached hydrogens (tertiary/aromatic N) is 1. The van der Waals surface area contributed by atoms with Crippen LogP contribution in [0.3, 0.4) is 0 Å². The van der Waals surface area contributed by atoms with Crippen LogP contribution in [0.2, 0.25) is 0 Å². The van der Waals surface area contributed by atoms with Gasteiger partial charge in [0.1, 0.15) is 12.4 Å². The number of hydrogen-bond donors (Lipinski definition) is 4. The lowest BCUT2D eigenvalue weighted by Gasteiger charge is -2.29. The number of carbonyl (C=O) groups is 2. The van der Waals surface area contributed by atoms with Crippen molar-refractivity contribution in [2.45, 2.75) is 44.3 Å². The third kappa shape index (κ3) is 5.76. The van der Waals surface area contributed by atoms with Gasteiger partial charge in [0.15, 0.2) is 5.76 Å². The lowest BCUT2D eigenvalue weighted by Crippen LogP contribution is -2.36. The maximum atomic E-state index is 13.4. The van der Waals surface area contributed by atoms with Gasteiger partial charge >= 0.3 is 12.1 Å². The molecule has 3 aliphatic rings. The summed E-state index contributed by atoms with van der Waals surface area (Å²) in [7, 11) is 0. The summed E-state index contributed by atoms with van der Waals surface area (Å²) in [5, 5.41) is 28.5. The number of rotatable bonds is 9. The second-order valence-corrected chi connectivity index (χ2v) is 8.37. The summed E-state index contributed by atoms with van der Waals surface area (Å²) < 4.78 is 50.9. The van der Waals surface area contributed by atoms with Crippen LogP contribution in [-0.2, 0) is 20.9 Å². The molecule has 0 radical (unpaired) electrons. The fourth-order valence-corrected chi connectivity index (χ4v) is 3.94. The van der Waals surface area contributed by atoms with Crippen molar-refractivity contribution in [1.29, 1.82) is 0 Å². The van der Waals surface area contributed by atoms with Gasteiger partial charge in [0.2, 0.25) is 5.91 Å². The first-order chi connectivity index (χ1) is 16.7. The van der Waals surface area contributed by atoms with Crippen LogP contribution in [-0.4, -0.2) is 53.2 Å². The standard InChI is InChI=1S/C23H24F3N3O6/c24-23(25,26)13-5-6-34-19(7-13)21-15(3-4-20(31)32)18(11-30)27-10-16(21)22(33)28-9-14-8-17(29-35-14)12-1-2-12/h5,7-8,12,27,30H,1-4,6,9-11H2,(H,28,33)(H,31,32). The average Bonchev–Trinajstić information content (AvgIpc) is 3.57. The topological polar surface area (TPSA) is 134 Å². The Balaban J connectivity index is 1.67. The van der Waals surface area contributed by atoms with Gasteiger partial charge in [-0.3, -0.25) is 9.59 Å². The Hall–Kier alpha value is -3.54. The zero-order valence-corrected chi connectivity index (χ0v) is 18.6. The zero-order valence-electron chi connectivity index (χ0n) is 18.6. The van der Waals surface area contributed by atoms with Crippen molar-refractivity contribution < 1.29 is 42.2 Å². The van der Waals surface area contributed by atoms with Crippen molar-refractivity contribution >= 4 is 11.9 Å². The minimum Gasteiger partial charge on any atom is -0.489 e. The van der Waals surface area contributed by atoms with E-state index in [-0.39, 0.29) is 60.7 Å². The maximum Gasteiger partial charge on any atom is 0.416 e. The smallest absolute Gasteiger partial charge is 0.416 e. The third-order valence-electron chi connectivity index (χ3n) is 5.87. The number of aliphatic hydroxyl groups is 1. The second-order valence-electron chi connectivity index (χ2n) is 8.37. The molecule has 0 atom stereocenters. The van der Waals surface area contributed by atoms with E-state index < -0.39 is 30.2 Å². The molecule has 0 unspecified atom stereocenters. The number of hydrogen-bond acceptors (Lipinski definition) is 7. The van der Waals surface area contributed by atoms with Crippen LogP contribution < -0.4 is 10.6 Å². The number of dihydropyridines is 1. The highest BCUT2D eigenvalue weighted by Crippen LogP contribution is 2.40. The number of carbonyl (C=O) groups excluding carboxylic acids is 1. The molecule has 1 aromatic rings. The van der Waals surface area contributed by atoms with Crippen LogP contribution in [0, 0.1) is 0 Å². The van der Waals surface area contributed by atoms with Crippen molar-refractivity contribution in [2.24, 2.45) is 0 Å². The van der Waals surface area contributed by atoms with Crippen LogP contribution in [0.5, 0.6) is 0 Å². The van der Waals surface area contributed by atoms with Crippen molar-refractivity contribution in [2.75, 3.05) is 19.8 Å². The summed E-state index contributed by atoms with van der Waals surface area (Å²) in [6.45, 7) is -1.01. The Labute approximate surface area is 198 Å². The molecule has 9 nitrogen and oxygen atoms in total. The molecule has 4 rings (SSSR count). The Morgan fingerprint density at radius 3 is 2.71 bits per heavy atom. The van der Waals surface area contributed by atoms with E-state index >= 15 is 0 Å². The highest BCUT2D eigenvalue weighted by molar-refractivity contribution is 5.97. The number of amides is 1. The number of aliphatic hydroxyl groups excluding tert-OH is 1. The number of nitrogens with one attached hydrogen (secondary N) is 2. The molecule has 1 saturated carbocycles. The van der Waals surface area contributed by atoms with Crippen molar-refractivity contribution in [3.8, 4) is 0 Å². The number of carboxylic acid groups (broad SMARTS) is 1. The number of carboxylic acids is 1. The summed E-state index contributed by atoms with van der Waals surface area (Å²) in [6.07, 6.45) is -1.42. The molecule has 0 spiro atoms. The summed E-state index contributed by atoms with van der Waals surface area (Å²) >= 11 is 0. The van der Waals surface area contributed by atoms with Crippen LogP contribution in [0.1, 0.15) is 43.1 Å². The fourth-order valence-electron chi connectivity index (χ4n) is 3.94. The third-order valence-corrected chi connectivity index (χ3v) is 5.87. The summed E-state index contributed by atoms with van der Waals surface area (Å²) in [5.41, 5.74) is 0.386. The van der Waals surface area contributed by atoms with E-state index in [4.69, 9.17) is 14.4 Å². The van der Waals surface area contributed by atoms with Gasteiger partial charge in [-0.2, -0.15) is 13.2 Å². The van der Waals surface area contributed by atoms with Gasteiger partial charge in [0, 0.05) is 41.8 Å². The molecular weight excluding hydrogens is 471 g/mol. The van der Waals surface area contributed by atoms with Crippen LogP contribution in [0.25, 0.3) is 0 Å². The number of ether oxygens (including phenoxy) is 1. The molecule has 35 heavy (non-hydrogen) atoms. The van der Waals surface area contributed by atoms with Crippen molar-refractivity contribution in [3.63, 3.8) is 0 Å². The molecule has 188 valence electrons. The highest BCUT2D eigenvalue weighted by atomic mass is 19.4. The Bertz CT molecular complexity index is 1140. The predicted molar refractivity (Wildman–Crippen MR) is 115 cm³/mol. The van der Waals surface area contributed by atoms with E-state index in [1.165, 1.54) is 0 Å². The van der Waals surface area contributed by atoms with Gasteiger partial charge in [0.05, 0.1) is 24.4 Å². The molecule has 4 N–H and O–H groups in total. The molecule has 0 aromatic carbocycles. The SMILES string of the molecule is O=C(O)CCC1=C(CO)NCC(C(=O)NCc2cc(C3CC3)no2)=C1C1=CC(C(F)(F)F)=CCO1. The lowest BCUT2D eigenvalue weighted by molar-refractivity contribution is -0.137. The normalized spacial score (nSPS) is 18.5. The lowest BCUT2D eigenvalue weighted by atomic mass is 9.88. The van der Waals surface area contributed by atoms with Gasteiger partial charge in [-0.1, -0.05) is 5.16 Å². The monoisotopic (exact) mass is 495 g/mol. The average molecular weight is 495 g/mol. The molecule has 12 heteroatoms. The molecule has 0 bridgehead atoms. The number of allylic oxidation sites excluding steroid dienone is 3. The Morgan fingerprint density at radius 1 is 1.29 bits per heavy atom. The Kier molecular flexibility index (Phi) is 7.01. The number of aliphatic carboxylic acids is 1. The number of halogens is 3. The van der Waals surface area contributed by atoms with Crippen LogP contribution >= 0.6 is 0 Å². The Morgan fingerprint density at radius 2 is 2.06 bits per heavy atom. The molecule has 1 aliphatic carbocycles. The van der Waals surface area contributed by atoms with E-state index in [2.05, 4.69) is 15.8 Å².